The molecule has 0 spiro atoms. The van der Waals surface area contributed by atoms with Gasteiger partial charge in [-0.05, 0) is 34.1 Å². The molecule has 104 valence electrons. The van der Waals surface area contributed by atoms with Crippen molar-refractivity contribution in [2.75, 3.05) is 5.32 Å². The number of halogens is 5. The first-order valence-electron chi connectivity index (χ1n) is 5.29. The van der Waals surface area contributed by atoms with Gasteiger partial charge in [0.1, 0.15) is 0 Å². The first kappa shape index (κ1) is 15.1. The topological polar surface area (TPSA) is 29.1 Å². The number of benzene rings is 2. The molecule has 0 aliphatic heterocycles. The van der Waals surface area contributed by atoms with Gasteiger partial charge in [-0.3, -0.25) is 4.79 Å². The molecule has 2 rings (SSSR count). The van der Waals surface area contributed by atoms with Gasteiger partial charge in [-0.25, -0.2) is 13.2 Å². The summed E-state index contributed by atoms with van der Waals surface area (Å²) >= 11 is 6.44. The zero-order valence-electron chi connectivity index (χ0n) is 9.68. The molecule has 0 aromatic heterocycles. The minimum absolute atomic E-state index is 0.166. The lowest BCUT2D eigenvalue weighted by Crippen LogP contribution is -2.13. The minimum atomic E-state index is -1.58. The van der Waals surface area contributed by atoms with Crippen LogP contribution in [0, 0.1) is 17.5 Å². The van der Waals surface area contributed by atoms with Gasteiger partial charge in [0.05, 0.1) is 5.56 Å². The first-order valence-corrected chi connectivity index (χ1v) is 6.88. The van der Waals surface area contributed by atoms with E-state index < -0.39 is 23.4 Å². The third kappa shape index (κ3) is 3.21. The molecule has 1 N–H and O–H groups in total. The summed E-state index contributed by atoms with van der Waals surface area (Å²) in [5, 5.41) is 2.30. The van der Waals surface area contributed by atoms with E-state index in [9.17, 15) is 18.0 Å². The highest BCUT2D eigenvalue weighted by Gasteiger charge is 2.14. The fraction of sp³-hybridized carbons (Fsp3) is 0. The Kier molecular flexibility index (Phi) is 4.49. The van der Waals surface area contributed by atoms with E-state index in [-0.39, 0.29) is 11.3 Å². The standard InChI is InChI=1S/C13H6Br2F3NO/c14-6-1-2-8(9(15)3-6)13(20)19-7-4-10(16)12(18)11(17)5-7/h1-5H,(H,19,20). The summed E-state index contributed by atoms with van der Waals surface area (Å²) in [6, 6.07) is 6.25. The summed E-state index contributed by atoms with van der Waals surface area (Å²) in [6.45, 7) is 0. The zero-order chi connectivity index (χ0) is 14.9. The molecule has 0 saturated carbocycles. The van der Waals surface area contributed by atoms with E-state index in [0.29, 0.717) is 16.6 Å². The zero-order valence-corrected chi connectivity index (χ0v) is 12.9. The number of rotatable bonds is 2. The van der Waals surface area contributed by atoms with Gasteiger partial charge in [0.25, 0.3) is 5.91 Å². The van der Waals surface area contributed by atoms with Crippen LogP contribution < -0.4 is 5.32 Å². The molecular formula is C13H6Br2F3NO. The van der Waals surface area contributed by atoms with Crippen LogP contribution in [0.3, 0.4) is 0 Å². The van der Waals surface area contributed by atoms with Crippen LogP contribution in [-0.4, -0.2) is 5.91 Å². The molecule has 2 aromatic rings. The minimum Gasteiger partial charge on any atom is -0.322 e. The van der Waals surface area contributed by atoms with Crippen LogP contribution in [-0.2, 0) is 0 Å². The molecule has 0 aliphatic rings. The maximum Gasteiger partial charge on any atom is 0.256 e. The van der Waals surface area contributed by atoms with Gasteiger partial charge >= 0.3 is 0 Å². The monoisotopic (exact) mass is 407 g/mol. The van der Waals surface area contributed by atoms with E-state index in [4.69, 9.17) is 0 Å². The normalized spacial score (nSPS) is 10.4. The number of hydrogen-bond donors (Lipinski definition) is 1. The maximum absolute atomic E-state index is 13.0. The predicted molar refractivity (Wildman–Crippen MR) is 76.1 cm³/mol. The van der Waals surface area contributed by atoms with E-state index in [1.807, 2.05) is 0 Å². The number of nitrogens with one attached hydrogen (secondary N) is 1. The Hall–Kier alpha value is -1.34. The van der Waals surface area contributed by atoms with Crippen molar-refractivity contribution in [1.29, 1.82) is 0 Å². The van der Waals surface area contributed by atoms with Crippen LogP contribution in [0.1, 0.15) is 10.4 Å². The van der Waals surface area contributed by atoms with Gasteiger partial charge in [0.2, 0.25) is 0 Å². The van der Waals surface area contributed by atoms with E-state index in [1.54, 1.807) is 12.1 Å². The Morgan fingerprint density at radius 1 is 1.00 bits per heavy atom. The molecular weight excluding hydrogens is 403 g/mol. The summed E-state index contributed by atoms with van der Waals surface area (Å²) in [6.07, 6.45) is 0. The van der Waals surface area contributed by atoms with E-state index >= 15 is 0 Å². The highest BCUT2D eigenvalue weighted by molar-refractivity contribution is 9.11. The highest BCUT2D eigenvalue weighted by atomic mass is 79.9. The number of carbonyl (C=O) groups is 1. The Bertz CT molecular complexity index is 668. The smallest absolute Gasteiger partial charge is 0.256 e. The molecule has 20 heavy (non-hydrogen) atoms. The molecule has 1 amide bonds. The molecule has 0 radical (unpaired) electrons. The van der Waals surface area contributed by atoms with Gasteiger partial charge in [-0.2, -0.15) is 0 Å². The largest absolute Gasteiger partial charge is 0.322 e. The van der Waals surface area contributed by atoms with E-state index in [0.717, 1.165) is 4.47 Å². The summed E-state index contributed by atoms with van der Waals surface area (Å²) < 4.78 is 40.2. The van der Waals surface area contributed by atoms with E-state index in [1.165, 1.54) is 6.07 Å². The summed E-state index contributed by atoms with van der Waals surface area (Å²) in [5.74, 6) is -4.88. The van der Waals surface area contributed by atoms with Crippen LogP contribution >= 0.6 is 31.9 Å². The Morgan fingerprint density at radius 3 is 2.15 bits per heavy atom. The number of hydrogen-bond acceptors (Lipinski definition) is 1. The van der Waals surface area contributed by atoms with Gasteiger partial charge in [0.15, 0.2) is 17.5 Å². The van der Waals surface area contributed by atoms with Crippen molar-refractivity contribution in [2.45, 2.75) is 0 Å². The van der Waals surface area contributed by atoms with Crippen molar-refractivity contribution < 1.29 is 18.0 Å². The molecule has 0 atom stereocenters. The summed E-state index contributed by atoms with van der Waals surface area (Å²) in [4.78, 5) is 12.0. The van der Waals surface area contributed by atoms with E-state index in [2.05, 4.69) is 37.2 Å². The number of carbonyl (C=O) groups excluding carboxylic acids is 1. The Balaban J connectivity index is 2.28. The summed E-state index contributed by atoms with van der Waals surface area (Å²) in [5.41, 5.74) is 0.111. The van der Waals surface area contributed by atoms with Crippen LogP contribution in [0.25, 0.3) is 0 Å². The van der Waals surface area contributed by atoms with Crippen LogP contribution in [0.4, 0.5) is 18.9 Å². The van der Waals surface area contributed by atoms with Gasteiger partial charge in [-0.15, -0.1) is 0 Å². The van der Waals surface area contributed by atoms with Gasteiger partial charge in [-0.1, -0.05) is 15.9 Å². The van der Waals surface area contributed by atoms with Gasteiger partial charge < -0.3 is 5.32 Å². The predicted octanol–water partition coefficient (Wildman–Crippen LogP) is 4.88. The molecule has 0 unspecified atom stereocenters. The number of anilines is 1. The van der Waals surface area contributed by atoms with Crippen molar-refractivity contribution in [2.24, 2.45) is 0 Å². The Labute approximate surface area is 129 Å². The van der Waals surface area contributed by atoms with Crippen molar-refractivity contribution in [3.63, 3.8) is 0 Å². The molecule has 0 aliphatic carbocycles. The second kappa shape index (κ2) is 5.97. The Morgan fingerprint density at radius 2 is 1.60 bits per heavy atom. The van der Waals surface area contributed by atoms with Crippen LogP contribution in [0.15, 0.2) is 39.3 Å². The average Bonchev–Trinajstić information content (AvgIpc) is 2.35. The van der Waals surface area contributed by atoms with Crippen LogP contribution in [0.2, 0.25) is 0 Å². The van der Waals surface area contributed by atoms with Crippen molar-refractivity contribution >= 4 is 43.5 Å². The molecule has 0 bridgehead atoms. The third-order valence-corrected chi connectivity index (χ3v) is 3.57. The SMILES string of the molecule is O=C(Nc1cc(F)c(F)c(F)c1)c1ccc(Br)cc1Br. The highest BCUT2D eigenvalue weighted by Crippen LogP contribution is 2.24. The van der Waals surface area contributed by atoms with Crippen molar-refractivity contribution in [3.05, 3.63) is 62.3 Å². The lowest BCUT2D eigenvalue weighted by atomic mass is 10.2. The average molecular weight is 409 g/mol. The third-order valence-electron chi connectivity index (χ3n) is 2.42. The fourth-order valence-electron chi connectivity index (χ4n) is 1.50. The molecule has 0 fully saturated rings. The molecule has 7 heteroatoms. The van der Waals surface area contributed by atoms with Gasteiger partial charge in [0, 0.05) is 26.8 Å². The fourth-order valence-corrected chi connectivity index (χ4v) is 2.73. The van der Waals surface area contributed by atoms with Crippen molar-refractivity contribution in [3.8, 4) is 0 Å². The summed E-state index contributed by atoms with van der Waals surface area (Å²) in [7, 11) is 0. The molecule has 2 aromatic carbocycles. The van der Waals surface area contributed by atoms with Crippen LogP contribution in [0.5, 0.6) is 0 Å². The maximum atomic E-state index is 13.0. The molecule has 2 nitrogen and oxygen atoms in total. The second-order valence-corrected chi connectivity index (χ2v) is 5.60. The lowest BCUT2D eigenvalue weighted by Gasteiger charge is -2.08. The van der Waals surface area contributed by atoms with Crippen molar-refractivity contribution in [1.82, 2.24) is 0 Å². The second-order valence-electron chi connectivity index (χ2n) is 3.83. The quantitative estimate of drug-likeness (QED) is 0.705. The first-order chi connectivity index (χ1) is 9.38. The number of amides is 1. The molecule has 0 saturated heterocycles. The molecule has 0 heterocycles. The lowest BCUT2D eigenvalue weighted by molar-refractivity contribution is 0.102.